The lowest BCUT2D eigenvalue weighted by atomic mass is 9.80. The molecule has 2 aromatic heterocycles. The third-order valence-corrected chi connectivity index (χ3v) is 8.47. The lowest BCUT2D eigenvalue weighted by molar-refractivity contribution is -0.659. The summed E-state index contributed by atoms with van der Waals surface area (Å²) < 4.78 is 8.77. The van der Waals surface area contributed by atoms with Gasteiger partial charge < -0.3 is 4.42 Å². The van der Waals surface area contributed by atoms with Gasteiger partial charge in [0.05, 0.1) is 17.5 Å². The topological polar surface area (TPSA) is 21.4 Å². The van der Waals surface area contributed by atoms with E-state index in [1.807, 2.05) is 18.2 Å². The minimum absolute atomic E-state index is 0.210. The van der Waals surface area contributed by atoms with Gasteiger partial charge in [-0.15, -0.1) is 0 Å². The Kier molecular flexibility index (Phi) is 4.31. The largest absolute Gasteiger partial charge is 0.455 e. The van der Waals surface area contributed by atoms with Gasteiger partial charge >= 0.3 is 0 Å². The molecule has 178 valence electrons. The summed E-state index contributed by atoms with van der Waals surface area (Å²) in [5.41, 5.74) is 11.9. The average molecular weight is 480 g/mol. The van der Waals surface area contributed by atoms with Crippen molar-refractivity contribution in [2.24, 2.45) is 7.05 Å². The molecule has 2 heterocycles. The number of aromatic nitrogens is 1. The Morgan fingerprint density at radius 2 is 1.65 bits per heavy atom. The summed E-state index contributed by atoms with van der Waals surface area (Å²) in [5, 5.41) is 4.73. The maximum atomic E-state index is 7.80. The number of hydrogen-bond acceptors (Lipinski definition) is 1. The molecule has 0 radical (unpaired) electrons. The molecule has 0 amide bonds. The van der Waals surface area contributed by atoms with E-state index in [0.29, 0.717) is 0 Å². The van der Waals surface area contributed by atoms with Crippen molar-refractivity contribution in [2.45, 2.75) is 33.1 Å². The molecule has 6 aromatic rings. The van der Waals surface area contributed by atoms with Crippen LogP contribution in [0.25, 0.3) is 59.9 Å². The van der Waals surface area contributed by atoms with Crippen molar-refractivity contribution in [2.75, 3.05) is 0 Å². The Morgan fingerprint density at radius 3 is 2.46 bits per heavy atom. The number of nitrogens with zero attached hydrogens (tertiary/aromatic N) is 2. The van der Waals surface area contributed by atoms with Crippen LogP contribution in [0.15, 0.2) is 77.3 Å². The van der Waals surface area contributed by atoms with Crippen LogP contribution in [-0.4, -0.2) is 0 Å². The molecule has 37 heavy (non-hydrogen) atoms. The van der Waals surface area contributed by atoms with Gasteiger partial charge in [-0.05, 0) is 70.8 Å². The summed E-state index contributed by atoms with van der Waals surface area (Å²) >= 11 is 0. The first-order chi connectivity index (χ1) is 17.8. The minimum atomic E-state index is -0.210. The van der Waals surface area contributed by atoms with Crippen molar-refractivity contribution in [3.8, 4) is 22.4 Å². The van der Waals surface area contributed by atoms with Crippen molar-refractivity contribution in [1.29, 1.82) is 0 Å². The molecule has 0 saturated heterocycles. The van der Waals surface area contributed by atoms with Crippen molar-refractivity contribution in [3.05, 3.63) is 107 Å². The van der Waals surface area contributed by atoms with E-state index in [-0.39, 0.29) is 5.41 Å². The van der Waals surface area contributed by atoms with E-state index in [1.54, 1.807) is 0 Å². The second-order valence-electron chi connectivity index (χ2n) is 10.8. The zero-order chi connectivity index (χ0) is 25.6. The molecule has 1 aliphatic rings. The fraction of sp³-hybridized carbons (Fsp3) is 0.176. The van der Waals surface area contributed by atoms with Crippen LogP contribution in [0.3, 0.4) is 0 Å². The van der Waals surface area contributed by atoms with Gasteiger partial charge in [-0.1, -0.05) is 56.3 Å². The van der Waals surface area contributed by atoms with E-state index in [1.165, 1.54) is 38.6 Å². The molecule has 3 heteroatoms. The van der Waals surface area contributed by atoms with Gasteiger partial charge in [-0.2, -0.15) is 0 Å². The average Bonchev–Trinajstić information content (AvgIpc) is 3.37. The zero-order valence-corrected chi connectivity index (χ0v) is 21.7. The molecule has 0 atom stereocenters. The van der Waals surface area contributed by atoms with Crippen LogP contribution in [0, 0.1) is 20.4 Å². The summed E-state index contributed by atoms with van der Waals surface area (Å²) in [7, 11) is 2.12. The van der Waals surface area contributed by atoms with Crippen molar-refractivity contribution >= 4 is 38.4 Å². The first kappa shape index (κ1) is 21.8. The molecule has 0 bridgehead atoms. The number of pyridine rings is 1. The van der Waals surface area contributed by atoms with Crippen LogP contribution in [-0.2, 0) is 12.5 Å². The third-order valence-electron chi connectivity index (χ3n) is 8.47. The monoisotopic (exact) mass is 479 g/mol. The SMILES string of the molecule is [C-]#[N+]c1cccc2c1-c1ccc3c(-c4c(C)c(C)cc5c4oc4ccccc45)[n+](C)ccc3c1C2(C)C. The molecular formula is C34H27N2O+. The van der Waals surface area contributed by atoms with Crippen LogP contribution in [0.1, 0.15) is 36.1 Å². The highest BCUT2D eigenvalue weighted by Gasteiger charge is 2.39. The van der Waals surface area contributed by atoms with Gasteiger partial charge in [-0.25, -0.2) is 9.41 Å². The van der Waals surface area contributed by atoms with Crippen LogP contribution in [0.4, 0.5) is 5.69 Å². The van der Waals surface area contributed by atoms with E-state index < -0.39 is 0 Å². The molecule has 4 aromatic carbocycles. The second-order valence-corrected chi connectivity index (χ2v) is 10.8. The fourth-order valence-electron chi connectivity index (χ4n) is 6.59. The summed E-state index contributed by atoms with van der Waals surface area (Å²) in [4.78, 5) is 3.88. The quantitative estimate of drug-likeness (QED) is 0.171. The van der Waals surface area contributed by atoms with Crippen LogP contribution in [0.5, 0.6) is 0 Å². The molecule has 0 aliphatic heterocycles. The Bertz CT molecular complexity index is 2000. The predicted molar refractivity (Wildman–Crippen MR) is 151 cm³/mol. The first-order valence-electron chi connectivity index (χ1n) is 12.7. The molecule has 0 N–H and O–H groups in total. The summed E-state index contributed by atoms with van der Waals surface area (Å²) in [6, 6.07) is 23.4. The second kappa shape index (κ2) is 7.31. The minimum Gasteiger partial charge on any atom is -0.455 e. The van der Waals surface area contributed by atoms with E-state index in [4.69, 9.17) is 11.0 Å². The van der Waals surface area contributed by atoms with Gasteiger partial charge in [0, 0.05) is 22.3 Å². The molecule has 3 nitrogen and oxygen atoms in total. The molecule has 0 unspecified atom stereocenters. The van der Waals surface area contributed by atoms with E-state index in [0.717, 1.165) is 44.4 Å². The molecule has 0 spiro atoms. The van der Waals surface area contributed by atoms with E-state index >= 15 is 0 Å². The Hall–Kier alpha value is -4.42. The van der Waals surface area contributed by atoms with Crippen LogP contribution < -0.4 is 4.57 Å². The molecule has 0 fully saturated rings. The molecule has 1 aliphatic carbocycles. The smallest absolute Gasteiger partial charge is 0.224 e. The van der Waals surface area contributed by atoms with Gasteiger partial charge in [-0.3, -0.25) is 0 Å². The lowest BCUT2D eigenvalue weighted by Gasteiger charge is -2.23. The Balaban J connectivity index is 1.63. The first-order valence-corrected chi connectivity index (χ1v) is 12.7. The van der Waals surface area contributed by atoms with Crippen molar-refractivity contribution < 1.29 is 8.98 Å². The number of para-hydroxylation sites is 1. The number of benzene rings is 4. The number of rotatable bonds is 1. The maximum Gasteiger partial charge on any atom is 0.224 e. The van der Waals surface area contributed by atoms with E-state index in [2.05, 4.69) is 98.9 Å². The summed E-state index contributed by atoms with van der Waals surface area (Å²) in [5.74, 6) is 0. The third kappa shape index (κ3) is 2.73. The molecular weight excluding hydrogens is 452 g/mol. The molecule has 7 rings (SSSR count). The highest BCUT2D eigenvalue weighted by atomic mass is 16.3. The normalized spacial score (nSPS) is 13.7. The fourth-order valence-corrected chi connectivity index (χ4v) is 6.59. The van der Waals surface area contributed by atoms with Gasteiger partial charge in [0.25, 0.3) is 0 Å². The highest BCUT2D eigenvalue weighted by molar-refractivity contribution is 6.13. The van der Waals surface area contributed by atoms with Crippen molar-refractivity contribution in [3.63, 3.8) is 0 Å². The van der Waals surface area contributed by atoms with Gasteiger partial charge in [0.2, 0.25) is 5.69 Å². The number of aryl methyl sites for hydroxylation is 2. The predicted octanol–water partition coefficient (Wildman–Crippen LogP) is 8.70. The molecule has 0 saturated carbocycles. The zero-order valence-electron chi connectivity index (χ0n) is 21.7. The summed E-state index contributed by atoms with van der Waals surface area (Å²) in [6.07, 6.45) is 2.17. The Labute approximate surface area is 216 Å². The Morgan fingerprint density at radius 1 is 0.838 bits per heavy atom. The maximum absolute atomic E-state index is 7.80. The van der Waals surface area contributed by atoms with Crippen LogP contribution in [0.2, 0.25) is 0 Å². The highest BCUT2D eigenvalue weighted by Crippen LogP contribution is 2.55. The summed E-state index contributed by atoms with van der Waals surface area (Å²) in [6.45, 7) is 16.8. The van der Waals surface area contributed by atoms with Crippen LogP contribution >= 0.6 is 0 Å². The van der Waals surface area contributed by atoms with Gasteiger partial charge in [0.15, 0.2) is 11.9 Å². The number of hydrogen-bond donors (Lipinski definition) is 0. The standard InChI is InChI=1S/C34H27N2O/c1-19-18-25-21-10-7-8-13-28(21)37-33(25)29(20(19)2)32-23-14-15-24-30-26(11-9-12-27(30)35-5)34(3,4)31(24)22(23)16-17-36(32)6/h7-18H,1-4,6H3/q+1. The number of furan rings is 1. The van der Waals surface area contributed by atoms with Gasteiger partial charge in [0.1, 0.15) is 18.2 Å². The van der Waals surface area contributed by atoms with E-state index in [9.17, 15) is 0 Å². The number of fused-ring (bicyclic) bond motifs is 8. The lowest BCUT2D eigenvalue weighted by Crippen LogP contribution is -2.31. The van der Waals surface area contributed by atoms with Crippen molar-refractivity contribution in [1.82, 2.24) is 0 Å².